The van der Waals surface area contributed by atoms with Crippen molar-refractivity contribution in [2.75, 3.05) is 13.2 Å². The maximum atomic E-state index is 5.65. The third-order valence-corrected chi connectivity index (χ3v) is 3.33. The monoisotopic (exact) mass is 210 g/mol. The van der Waals surface area contributed by atoms with Gasteiger partial charge in [0.25, 0.3) is 0 Å². The minimum absolute atomic E-state index is 0.459. The van der Waals surface area contributed by atoms with Gasteiger partial charge in [0.2, 0.25) is 0 Å². The third-order valence-electron chi connectivity index (χ3n) is 3.33. The standard InChI is InChI=1S/C13H22O2/c1-2-6-12(5-1)11-14-10-8-13-7-3-4-9-15-13/h11,13H,1-10H2. The molecule has 1 heterocycles. The molecule has 0 bridgehead atoms. The van der Waals surface area contributed by atoms with Crippen molar-refractivity contribution in [3.63, 3.8) is 0 Å². The molecule has 0 aromatic rings. The lowest BCUT2D eigenvalue weighted by Gasteiger charge is -2.22. The first-order chi connectivity index (χ1) is 7.45. The fraction of sp³-hybridized carbons (Fsp3) is 0.846. The highest BCUT2D eigenvalue weighted by Crippen LogP contribution is 2.23. The fourth-order valence-electron chi connectivity index (χ4n) is 2.36. The predicted molar refractivity (Wildman–Crippen MR) is 60.7 cm³/mol. The molecule has 0 aromatic heterocycles. The van der Waals surface area contributed by atoms with Crippen molar-refractivity contribution in [2.24, 2.45) is 0 Å². The van der Waals surface area contributed by atoms with Crippen LogP contribution in [0.3, 0.4) is 0 Å². The van der Waals surface area contributed by atoms with E-state index in [1.165, 1.54) is 50.5 Å². The molecule has 2 heteroatoms. The molecule has 15 heavy (non-hydrogen) atoms. The maximum absolute atomic E-state index is 5.65. The third kappa shape index (κ3) is 3.86. The van der Waals surface area contributed by atoms with Crippen LogP contribution in [0.15, 0.2) is 11.8 Å². The Hall–Kier alpha value is -0.500. The molecule has 1 saturated heterocycles. The van der Waals surface area contributed by atoms with Crippen molar-refractivity contribution in [1.82, 2.24) is 0 Å². The lowest BCUT2D eigenvalue weighted by atomic mass is 10.1. The summed E-state index contributed by atoms with van der Waals surface area (Å²) in [6, 6.07) is 0. The predicted octanol–water partition coefficient (Wildman–Crippen LogP) is 3.42. The van der Waals surface area contributed by atoms with E-state index >= 15 is 0 Å². The first-order valence-corrected chi connectivity index (χ1v) is 6.36. The molecular formula is C13H22O2. The van der Waals surface area contributed by atoms with Gasteiger partial charge in [0, 0.05) is 13.0 Å². The Morgan fingerprint density at radius 3 is 2.80 bits per heavy atom. The van der Waals surface area contributed by atoms with Gasteiger partial charge in [-0.25, -0.2) is 0 Å². The summed E-state index contributed by atoms with van der Waals surface area (Å²) in [5, 5.41) is 0. The van der Waals surface area contributed by atoms with Crippen molar-refractivity contribution in [3.8, 4) is 0 Å². The maximum Gasteiger partial charge on any atom is 0.0898 e. The fourth-order valence-corrected chi connectivity index (χ4v) is 2.36. The van der Waals surface area contributed by atoms with Gasteiger partial charge in [-0.05, 0) is 50.5 Å². The van der Waals surface area contributed by atoms with Gasteiger partial charge in [0.15, 0.2) is 0 Å². The second-order valence-electron chi connectivity index (χ2n) is 4.63. The summed E-state index contributed by atoms with van der Waals surface area (Å²) in [6.07, 6.45) is 12.5. The first kappa shape index (κ1) is 11.0. The van der Waals surface area contributed by atoms with Crippen LogP contribution in [0.1, 0.15) is 51.4 Å². The lowest BCUT2D eigenvalue weighted by Crippen LogP contribution is -2.20. The van der Waals surface area contributed by atoms with Crippen molar-refractivity contribution in [1.29, 1.82) is 0 Å². The minimum Gasteiger partial charge on any atom is -0.501 e. The smallest absolute Gasteiger partial charge is 0.0898 e. The molecule has 0 aromatic carbocycles. The molecular weight excluding hydrogens is 188 g/mol. The summed E-state index contributed by atoms with van der Waals surface area (Å²) >= 11 is 0. The van der Waals surface area contributed by atoms with Gasteiger partial charge < -0.3 is 9.47 Å². The highest BCUT2D eigenvalue weighted by atomic mass is 16.5. The molecule has 1 aliphatic heterocycles. The van der Waals surface area contributed by atoms with Crippen LogP contribution in [0.2, 0.25) is 0 Å². The first-order valence-electron chi connectivity index (χ1n) is 6.36. The molecule has 1 saturated carbocycles. The van der Waals surface area contributed by atoms with E-state index in [2.05, 4.69) is 0 Å². The normalized spacial score (nSPS) is 26.7. The van der Waals surface area contributed by atoms with Crippen LogP contribution in [-0.2, 0) is 9.47 Å². The summed E-state index contributed by atoms with van der Waals surface area (Å²) < 4.78 is 11.2. The highest BCUT2D eigenvalue weighted by Gasteiger charge is 2.13. The molecule has 2 aliphatic rings. The Labute approximate surface area is 92.6 Å². The van der Waals surface area contributed by atoms with E-state index in [0.717, 1.165) is 19.6 Å². The summed E-state index contributed by atoms with van der Waals surface area (Å²) in [5.41, 5.74) is 1.50. The van der Waals surface area contributed by atoms with Gasteiger partial charge in [-0.15, -0.1) is 0 Å². The average Bonchev–Trinajstić information content (AvgIpc) is 2.79. The number of ether oxygens (including phenoxy) is 2. The van der Waals surface area contributed by atoms with E-state index < -0.39 is 0 Å². The van der Waals surface area contributed by atoms with Crippen molar-refractivity contribution >= 4 is 0 Å². The topological polar surface area (TPSA) is 18.5 Å². The molecule has 1 atom stereocenters. The SMILES string of the molecule is C(OCCC1CCCCO1)=C1CCCC1. The van der Waals surface area contributed by atoms with E-state index in [4.69, 9.17) is 9.47 Å². The second-order valence-corrected chi connectivity index (χ2v) is 4.63. The summed E-state index contributed by atoms with van der Waals surface area (Å²) in [5.74, 6) is 0. The van der Waals surface area contributed by atoms with Crippen LogP contribution in [0, 0.1) is 0 Å². The molecule has 2 nitrogen and oxygen atoms in total. The number of hydrogen-bond acceptors (Lipinski definition) is 2. The molecule has 0 amide bonds. The number of hydrogen-bond donors (Lipinski definition) is 0. The molecule has 1 unspecified atom stereocenters. The Bertz CT molecular complexity index is 197. The number of allylic oxidation sites excluding steroid dienone is 1. The molecule has 0 N–H and O–H groups in total. The van der Waals surface area contributed by atoms with E-state index in [9.17, 15) is 0 Å². The van der Waals surface area contributed by atoms with Gasteiger partial charge in [0.1, 0.15) is 0 Å². The van der Waals surface area contributed by atoms with Crippen LogP contribution in [0.25, 0.3) is 0 Å². The minimum atomic E-state index is 0.459. The Morgan fingerprint density at radius 2 is 2.07 bits per heavy atom. The molecule has 1 aliphatic carbocycles. The molecule has 2 rings (SSSR count). The zero-order valence-electron chi connectivity index (χ0n) is 9.54. The Morgan fingerprint density at radius 1 is 1.20 bits per heavy atom. The van der Waals surface area contributed by atoms with Gasteiger partial charge >= 0.3 is 0 Å². The molecule has 86 valence electrons. The van der Waals surface area contributed by atoms with E-state index in [0.29, 0.717) is 6.10 Å². The van der Waals surface area contributed by atoms with E-state index in [-0.39, 0.29) is 0 Å². The van der Waals surface area contributed by atoms with Gasteiger partial charge in [-0.2, -0.15) is 0 Å². The zero-order chi connectivity index (χ0) is 10.3. The van der Waals surface area contributed by atoms with Gasteiger partial charge in [-0.1, -0.05) is 0 Å². The second kappa shape index (κ2) is 6.16. The summed E-state index contributed by atoms with van der Waals surface area (Å²) in [6.45, 7) is 1.78. The van der Waals surface area contributed by atoms with E-state index in [1.807, 2.05) is 6.26 Å². The Kier molecular flexibility index (Phi) is 4.52. The average molecular weight is 210 g/mol. The van der Waals surface area contributed by atoms with Gasteiger partial charge in [-0.3, -0.25) is 0 Å². The number of rotatable bonds is 4. The highest BCUT2D eigenvalue weighted by molar-refractivity contribution is 5.02. The molecule has 2 fully saturated rings. The van der Waals surface area contributed by atoms with Crippen molar-refractivity contribution in [3.05, 3.63) is 11.8 Å². The zero-order valence-corrected chi connectivity index (χ0v) is 9.54. The van der Waals surface area contributed by atoms with Crippen LogP contribution in [-0.4, -0.2) is 19.3 Å². The molecule has 0 spiro atoms. The summed E-state index contributed by atoms with van der Waals surface area (Å²) in [7, 11) is 0. The lowest BCUT2D eigenvalue weighted by molar-refractivity contribution is 0.000705. The summed E-state index contributed by atoms with van der Waals surface area (Å²) in [4.78, 5) is 0. The quantitative estimate of drug-likeness (QED) is 0.523. The van der Waals surface area contributed by atoms with Crippen LogP contribution in [0.5, 0.6) is 0 Å². The van der Waals surface area contributed by atoms with Crippen LogP contribution < -0.4 is 0 Å². The Balaban J connectivity index is 1.55. The van der Waals surface area contributed by atoms with Gasteiger partial charge in [0.05, 0.1) is 19.0 Å². The van der Waals surface area contributed by atoms with E-state index in [1.54, 1.807) is 0 Å². The van der Waals surface area contributed by atoms with Crippen LogP contribution >= 0.6 is 0 Å². The van der Waals surface area contributed by atoms with Crippen LogP contribution in [0.4, 0.5) is 0 Å². The molecule has 0 radical (unpaired) electrons. The largest absolute Gasteiger partial charge is 0.501 e. The van der Waals surface area contributed by atoms with Crippen molar-refractivity contribution < 1.29 is 9.47 Å². The van der Waals surface area contributed by atoms with Crippen molar-refractivity contribution in [2.45, 2.75) is 57.5 Å².